The number of aromatic hydroxyl groups is 1. The van der Waals surface area contributed by atoms with Gasteiger partial charge in [0.05, 0.1) is 25.6 Å². The molecule has 0 aliphatic carbocycles. The number of aliphatic hydroxyl groups is 1. The minimum Gasteiger partial charge on any atom is -0.508 e. The number of carbonyl (C=O) groups excluding carboxylic acids is 1. The zero-order valence-electron chi connectivity index (χ0n) is 19.9. The molecule has 0 fully saturated rings. The molecule has 0 heterocycles. The fourth-order valence-corrected chi connectivity index (χ4v) is 3.66. The minimum absolute atomic E-state index is 0. The number of rotatable bonds is 5. The molecule has 0 aromatic heterocycles. The summed E-state index contributed by atoms with van der Waals surface area (Å²) in [5.41, 5.74) is 2.56. The van der Waals surface area contributed by atoms with Crippen LogP contribution in [0.15, 0.2) is 72.8 Å². The number of hydrogen-bond donors (Lipinski definition) is 3. The number of hydrogen-bond acceptors (Lipinski definition) is 5. The molecule has 0 saturated heterocycles. The van der Waals surface area contributed by atoms with Gasteiger partial charge in [0, 0.05) is 0 Å². The zero-order chi connectivity index (χ0) is 24.8. The molecule has 184 valence electrons. The molecule has 35 heavy (non-hydrogen) atoms. The smallest absolute Gasteiger partial charge is 0.312 e. The van der Waals surface area contributed by atoms with Crippen molar-refractivity contribution in [1.29, 1.82) is 0 Å². The SMILES string of the molecule is COC(=O)[C@@H](C)c1ccc2cc(O)ccc2c1.C[C@H](C(=O)O)c1ccc2cc(CO)ccc2c1.S. The van der Waals surface area contributed by atoms with Gasteiger partial charge in [-0.2, -0.15) is 13.5 Å². The number of fused-ring (bicyclic) bond motifs is 2. The first-order chi connectivity index (χ1) is 16.2. The summed E-state index contributed by atoms with van der Waals surface area (Å²) in [6, 6.07) is 22.1. The Morgan fingerprint density at radius 2 is 1.26 bits per heavy atom. The first-order valence-electron chi connectivity index (χ1n) is 10.9. The second-order valence-electron chi connectivity index (χ2n) is 8.19. The second kappa shape index (κ2) is 12.2. The highest BCUT2D eigenvalue weighted by Crippen LogP contribution is 2.25. The van der Waals surface area contributed by atoms with Crippen LogP contribution in [-0.2, 0) is 20.9 Å². The lowest BCUT2D eigenvalue weighted by atomic mass is 9.97. The standard InChI is InChI=1S/2C14H14O3.H2S/c1-9(14(16)17-2)10-3-4-12-8-13(15)6-5-11(12)7-10;1-9(14(16)17)11-4-5-12-6-10(8-15)2-3-13(12)7-11;/h3-9,15H,1-2H3;2-7,9,15H,8H2,1H3,(H,16,17);1H2/t2*9-;/m00./s1. The second-order valence-corrected chi connectivity index (χ2v) is 8.19. The summed E-state index contributed by atoms with van der Waals surface area (Å²) in [5.74, 6) is -1.61. The van der Waals surface area contributed by atoms with Crippen molar-refractivity contribution in [3.05, 3.63) is 89.5 Å². The Bertz CT molecular complexity index is 1330. The van der Waals surface area contributed by atoms with E-state index in [4.69, 9.17) is 14.9 Å². The molecule has 3 N–H and O–H groups in total. The van der Waals surface area contributed by atoms with Gasteiger partial charge in [-0.25, -0.2) is 0 Å². The van der Waals surface area contributed by atoms with Gasteiger partial charge in [0.2, 0.25) is 0 Å². The Kier molecular flexibility index (Phi) is 9.68. The van der Waals surface area contributed by atoms with Crippen LogP contribution in [0.2, 0.25) is 0 Å². The first kappa shape index (κ1) is 27.7. The molecule has 4 aromatic carbocycles. The van der Waals surface area contributed by atoms with Crippen molar-refractivity contribution in [2.45, 2.75) is 32.3 Å². The van der Waals surface area contributed by atoms with Gasteiger partial charge >= 0.3 is 11.9 Å². The monoisotopic (exact) mass is 494 g/mol. The summed E-state index contributed by atoms with van der Waals surface area (Å²) in [6.07, 6.45) is 0. The van der Waals surface area contributed by atoms with Crippen molar-refractivity contribution in [3.8, 4) is 5.75 Å². The maximum Gasteiger partial charge on any atom is 0.312 e. The predicted molar refractivity (Wildman–Crippen MR) is 142 cm³/mol. The van der Waals surface area contributed by atoms with Crippen LogP contribution in [0.5, 0.6) is 5.75 Å². The van der Waals surface area contributed by atoms with Gasteiger partial charge in [-0.3, -0.25) is 9.59 Å². The number of methoxy groups -OCH3 is 1. The van der Waals surface area contributed by atoms with Gasteiger partial charge in [0.25, 0.3) is 0 Å². The largest absolute Gasteiger partial charge is 0.508 e. The topological polar surface area (TPSA) is 104 Å². The average Bonchev–Trinajstić information content (AvgIpc) is 2.86. The third kappa shape index (κ3) is 6.74. The lowest BCUT2D eigenvalue weighted by Crippen LogP contribution is -2.10. The fraction of sp³-hybridized carbons (Fsp3) is 0.214. The highest BCUT2D eigenvalue weighted by molar-refractivity contribution is 7.59. The Labute approximate surface area is 211 Å². The van der Waals surface area contributed by atoms with Crippen molar-refractivity contribution in [1.82, 2.24) is 0 Å². The normalized spacial score (nSPS) is 12.1. The Morgan fingerprint density at radius 3 is 1.80 bits per heavy atom. The summed E-state index contributed by atoms with van der Waals surface area (Å²) in [4.78, 5) is 22.3. The molecule has 7 heteroatoms. The molecule has 6 nitrogen and oxygen atoms in total. The molecule has 0 spiro atoms. The van der Waals surface area contributed by atoms with E-state index < -0.39 is 11.9 Å². The molecule has 4 rings (SSSR count). The minimum atomic E-state index is -0.823. The maximum atomic E-state index is 11.4. The summed E-state index contributed by atoms with van der Waals surface area (Å²) in [6.45, 7) is 3.50. The van der Waals surface area contributed by atoms with Crippen molar-refractivity contribution in [2.24, 2.45) is 0 Å². The third-order valence-corrected chi connectivity index (χ3v) is 5.88. The maximum absolute atomic E-state index is 11.4. The summed E-state index contributed by atoms with van der Waals surface area (Å²) in [5, 5.41) is 31.3. The number of ether oxygens (including phenoxy) is 1. The van der Waals surface area contributed by atoms with Crippen LogP contribution in [0.1, 0.15) is 42.4 Å². The Balaban J connectivity index is 0.000000240. The van der Waals surface area contributed by atoms with Crippen LogP contribution < -0.4 is 0 Å². The quantitative estimate of drug-likeness (QED) is 0.319. The molecular weight excluding hydrogens is 464 g/mol. The molecule has 2 atom stereocenters. The van der Waals surface area contributed by atoms with Crippen LogP contribution >= 0.6 is 13.5 Å². The summed E-state index contributed by atoms with van der Waals surface area (Å²) in [7, 11) is 1.39. The Hall–Kier alpha value is -3.55. The van der Waals surface area contributed by atoms with Crippen LogP contribution in [0.4, 0.5) is 0 Å². The van der Waals surface area contributed by atoms with Crippen molar-refractivity contribution >= 4 is 47.0 Å². The van der Waals surface area contributed by atoms with E-state index >= 15 is 0 Å². The number of aliphatic carboxylic acids is 1. The molecule has 0 aliphatic rings. The summed E-state index contributed by atoms with van der Waals surface area (Å²) >= 11 is 0. The van der Waals surface area contributed by atoms with E-state index in [0.717, 1.165) is 38.2 Å². The highest BCUT2D eigenvalue weighted by atomic mass is 32.1. The summed E-state index contributed by atoms with van der Waals surface area (Å²) < 4.78 is 4.72. The molecule has 0 amide bonds. The van der Waals surface area contributed by atoms with Gasteiger partial charge in [-0.15, -0.1) is 0 Å². The van der Waals surface area contributed by atoms with Crippen molar-refractivity contribution in [2.75, 3.05) is 7.11 Å². The number of phenolic OH excluding ortho intramolecular Hbond substituents is 1. The van der Waals surface area contributed by atoms with Crippen LogP contribution in [0, 0.1) is 0 Å². The van der Waals surface area contributed by atoms with E-state index in [0.29, 0.717) is 0 Å². The van der Waals surface area contributed by atoms with Gasteiger partial charge < -0.3 is 20.1 Å². The van der Waals surface area contributed by atoms with E-state index in [2.05, 4.69) is 0 Å². The number of carboxylic acid groups (broad SMARTS) is 1. The molecule has 0 bridgehead atoms. The van der Waals surface area contributed by atoms with E-state index in [1.807, 2.05) is 67.6 Å². The van der Waals surface area contributed by atoms with Gasteiger partial charge in [0.1, 0.15) is 5.75 Å². The zero-order valence-corrected chi connectivity index (χ0v) is 20.9. The van der Waals surface area contributed by atoms with Crippen molar-refractivity contribution in [3.63, 3.8) is 0 Å². The fourth-order valence-electron chi connectivity index (χ4n) is 3.66. The van der Waals surface area contributed by atoms with Gasteiger partial charge in [-0.05, 0) is 70.3 Å². The number of aliphatic hydroxyl groups excluding tert-OH is 1. The lowest BCUT2D eigenvalue weighted by Gasteiger charge is -2.10. The number of phenols is 1. The molecule has 0 unspecified atom stereocenters. The van der Waals surface area contributed by atoms with Crippen LogP contribution in [-0.4, -0.2) is 34.4 Å². The number of carbonyl (C=O) groups is 2. The molecule has 0 radical (unpaired) electrons. The number of carboxylic acids is 1. The molecule has 4 aromatic rings. The average molecular weight is 495 g/mol. The van der Waals surface area contributed by atoms with E-state index in [1.165, 1.54) is 7.11 Å². The van der Waals surface area contributed by atoms with E-state index in [-0.39, 0.29) is 37.7 Å². The predicted octanol–water partition coefficient (Wildman–Crippen LogP) is 5.45. The van der Waals surface area contributed by atoms with E-state index in [9.17, 15) is 14.7 Å². The molecule has 0 saturated carbocycles. The molecule has 0 aliphatic heterocycles. The number of esters is 1. The van der Waals surface area contributed by atoms with Gasteiger partial charge in [-0.1, -0.05) is 54.6 Å². The van der Waals surface area contributed by atoms with Gasteiger partial charge in [0.15, 0.2) is 0 Å². The van der Waals surface area contributed by atoms with Crippen LogP contribution in [0.3, 0.4) is 0 Å². The van der Waals surface area contributed by atoms with E-state index in [1.54, 1.807) is 19.1 Å². The lowest BCUT2D eigenvalue weighted by molar-refractivity contribution is -0.142. The third-order valence-electron chi connectivity index (χ3n) is 5.88. The highest BCUT2D eigenvalue weighted by Gasteiger charge is 2.16. The number of benzene rings is 4. The first-order valence-corrected chi connectivity index (χ1v) is 10.9. The molecular formula is C28H30O6S. The Morgan fingerprint density at radius 1 is 0.771 bits per heavy atom. The van der Waals surface area contributed by atoms with Crippen molar-refractivity contribution < 1.29 is 29.6 Å². The van der Waals surface area contributed by atoms with Crippen LogP contribution in [0.25, 0.3) is 21.5 Å².